The molecular weight excluding hydrogens is 376 g/mol. The van der Waals surface area contributed by atoms with Crippen molar-refractivity contribution in [3.05, 3.63) is 55.2 Å². The van der Waals surface area contributed by atoms with Gasteiger partial charge in [0.05, 0.1) is 30.2 Å². The molecule has 0 fully saturated rings. The smallest absolute Gasteiger partial charge is 0.433 e. The minimum Gasteiger partial charge on any atom is -0.466 e. The summed E-state index contributed by atoms with van der Waals surface area (Å²) in [6.45, 7) is 3.55. The molecular formula is C16H16N4O6S. The molecule has 1 atom stereocenters. The maximum absolute atomic E-state index is 12.7. The predicted octanol–water partition coefficient (Wildman–Crippen LogP) is 2.39. The third-order valence-electron chi connectivity index (χ3n) is 3.98. The Hall–Kier alpha value is -3.08. The number of methoxy groups -OCH3 is 1. The Bertz CT molecular complexity index is 1010. The fraction of sp³-hybridized carbons (Fsp3) is 0.312. The molecule has 1 unspecified atom stereocenters. The number of carbonyl (C=O) groups is 1. The van der Waals surface area contributed by atoms with Crippen LogP contribution in [0.1, 0.15) is 31.1 Å². The molecule has 10 nitrogen and oxygen atoms in total. The molecule has 0 radical (unpaired) electrons. The van der Waals surface area contributed by atoms with Crippen molar-refractivity contribution in [2.45, 2.75) is 24.9 Å². The number of allylic oxidation sites excluding steroid dienone is 1. The van der Waals surface area contributed by atoms with Crippen molar-refractivity contribution in [2.24, 2.45) is 0 Å². The van der Waals surface area contributed by atoms with E-state index in [2.05, 4.69) is 15.3 Å². The van der Waals surface area contributed by atoms with Gasteiger partial charge in [-0.05, 0) is 18.7 Å². The van der Waals surface area contributed by atoms with E-state index in [1.807, 2.05) is 6.92 Å². The summed E-state index contributed by atoms with van der Waals surface area (Å²) in [7, 11) is 1.21. The first-order valence-electron chi connectivity index (χ1n) is 7.94. The summed E-state index contributed by atoms with van der Waals surface area (Å²) in [5, 5.41) is 14.4. The van der Waals surface area contributed by atoms with Gasteiger partial charge in [0.15, 0.2) is 5.16 Å². The molecule has 2 N–H and O–H groups in total. The van der Waals surface area contributed by atoms with E-state index >= 15 is 0 Å². The third kappa shape index (κ3) is 3.33. The lowest BCUT2D eigenvalue weighted by atomic mass is 9.86. The molecule has 0 saturated heterocycles. The molecule has 2 aromatic heterocycles. The van der Waals surface area contributed by atoms with Gasteiger partial charge in [0.25, 0.3) is 5.56 Å². The molecule has 27 heavy (non-hydrogen) atoms. The molecule has 0 bridgehead atoms. The number of fused-ring (bicyclic) bond motifs is 1. The first-order chi connectivity index (χ1) is 12.9. The molecule has 3 heterocycles. The van der Waals surface area contributed by atoms with E-state index in [1.165, 1.54) is 31.0 Å². The van der Waals surface area contributed by atoms with Crippen molar-refractivity contribution in [2.75, 3.05) is 18.2 Å². The first kappa shape index (κ1) is 18.7. The number of nitro groups is 1. The second-order valence-electron chi connectivity index (χ2n) is 5.59. The van der Waals surface area contributed by atoms with Gasteiger partial charge in [-0.1, -0.05) is 18.7 Å². The van der Waals surface area contributed by atoms with Crippen LogP contribution < -0.4 is 10.9 Å². The minimum absolute atomic E-state index is 0.0763. The Morgan fingerprint density at radius 1 is 1.48 bits per heavy atom. The second kappa shape index (κ2) is 7.27. The number of aromatic amines is 1. The molecule has 1 aliphatic rings. The van der Waals surface area contributed by atoms with Gasteiger partial charge in [0, 0.05) is 5.70 Å². The number of anilines is 1. The van der Waals surface area contributed by atoms with Gasteiger partial charge in [-0.3, -0.25) is 14.9 Å². The predicted molar refractivity (Wildman–Crippen MR) is 96.8 cm³/mol. The van der Waals surface area contributed by atoms with Crippen LogP contribution in [0, 0.1) is 10.1 Å². The van der Waals surface area contributed by atoms with E-state index in [4.69, 9.17) is 9.15 Å². The molecule has 0 aromatic carbocycles. The van der Waals surface area contributed by atoms with E-state index in [-0.39, 0.29) is 22.7 Å². The number of nitrogens with one attached hydrogen (secondary N) is 2. The van der Waals surface area contributed by atoms with E-state index < -0.39 is 28.3 Å². The molecule has 1 aliphatic heterocycles. The van der Waals surface area contributed by atoms with Crippen LogP contribution in [-0.2, 0) is 9.53 Å². The fourth-order valence-electron chi connectivity index (χ4n) is 2.90. The lowest BCUT2D eigenvalue weighted by Gasteiger charge is -2.26. The number of furan rings is 1. The highest BCUT2D eigenvalue weighted by Gasteiger charge is 2.38. The number of hydrogen-bond donors (Lipinski definition) is 2. The van der Waals surface area contributed by atoms with E-state index in [0.717, 1.165) is 0 Å². The van der Waals surface area contributed by atoms with Crippen LogP contribution in [0.15, 0.2) is 37.8 Å². The fourth-order valence-corrected chi connectivity index (χ4v) is 3.49. The van der Waals surface area contributed by atoms with Gasteiger partial charge in [0.2, 0.25) is 0 Å². The minimum atomic E-state index is -0.987. The molecule has 0 spiro atoms. The monoisotopic (exact) mass is 392 g/mol. The van der Waals surface area contributed by atoms with Crippen LogP contribution in [0.5, 0.6) is 0 Å². The molecule has 142 valence electrons. The number of ether oxygens (including phenoxy) is 1. The van der Waals surface area contributed by atoms with E-state index in [9.17, 15) is 19.7 Å². The number of hydrogen-bond acceptors (Lipinski definition) is 9. The zero-order chi connectivity index (χ0) is 19.7. The quantitative estimate of drug-likeness (QED) is 0.258. The zero-order valence-corrected chi connectivity index (χ0v) is 15.5. The zero-order valence-electron chi connectivity index (χ0n) is 14.7. The number of carbonyl (C=O) groups excluding carboxylic acids is 1. The third-order valence-corrected chi connectivity index (χ3v) is 4.74. The Labute approximate surface area is 157 Å². The molecule has 2 aromatic rings. The largest absolute Gasteiger partial charge is 0.466 e. The molecule has 0 amide bonds. The standard InChI is InChI=1S/C16H16N4O6S/c1-4-27-16-18-13-12(14(21)19-16)11(8-5-6-9(26-8)20(23)24)10(7(2)17-13)15(22)25-3/h5-6,11H,4H2,1-3H3,(H2,17,18,19,21). The lowest BCUT2D eigenvalue weighted by Crippen LogP contribution is -2.30. The first-order valence-corrected chi connectivity index (χ1v) is 8.93. The summed E-state index contributed by atoms with van der Waals surface area (Å²) in [6, 6.07) is 2.53. The van der Waals surface area contributed by atoms with Crippen LogP contribution in [-0.4, -0.2) is 33.7 Å². The number of H-pyrrole nitrogens is 1. The lowest BCUT2D eigenvalue weighted by molar-refractivity contribution is -0.402. The maximum atomic E-state index is 12.7. The van der Waals surface area contributed by atoms with Crippen molar-refractivity contribution >= 4 is 29.4 Å². The number of aromatic nitrogens is 2. The molecule has 0 saturated carbocycles. The summed E-state index contributed by atoms with van der Waals surface area (Å²) in [6.07, 6.45) is 0. The summed E-state index contributed by atoms with van der Waals surface area (Å²) in [5.41, 5.74) is 0.202. The van der Waals surface area contributed by atoms with Gasteiger partial charge in [-0.25, -0.2) is 9.78 Å². The van der Waals surface area contributed by atoms with Gasteiger partial charge < -0.3 is 19.5 Å². The van der Waals surface area contributed by atoms with Crippen LogP contribution in [0.2, 0.25) is 0 Å². The van der Waals surface area contributed by atoms with Crippen molar-refractivity contribution in [3.8, 4) is 0 Å². The highest BCUT2D eigenvalue weighted by Crippen LogP contribution is 2.41. The van der Waals surface area contributed by atoms with Crippen LogP contribution >= 0.6 is 11.8 Å². The number of thioether (sulfide) groups is 1. The number of esters is 1. The normalized spacial score (nSPS) is 15.9. The summed E-state index contributed by atoms with van der Waals surface area (Å²) in [4.78, 5) is 42.4. The average molecular weight is 392 g/mol. The SMILES string of the molecule is CCSc1nc2c(c(=O)[nH]1)C(c1ccc([N+](=O)[O-])o1)C(C(=O)OC)=C(C)N2. The maximum Gasteiger partial charge on any atom is 0.433 e. The summed E-state index contributed by atoms with van der Waals surface area (Å²) >= 11 is 1.35. The highest BCUT2D eigenvalue weighted by molar-refractivity contribution is 7.99. The second-order valence-corrected chi connectivity index (χ2v) is 6.84. The average Bonchev–Trinajstić information content (AvgIpc) is 3.10. The van der Waals surface area contributed by atoms with Crippen LogP contribution in [0.4, 0.5) is 11.7 Å². The van der Waals surface area contributed by atoms with Gasteiger partial charge in [-0.15, -0.1) is 0 Å². The Balaban J connectivity index is 2.24. The highest BCUT2D eigenvalue weighted by atomic mass is 32.2. The van der Waals surface area contributed by atoms with Crippen LogP contribution in [0.25, 0.3) is 0 Å². The Morgan fingerprint density at radius 3 is 2.81 bits per heavy atom. The van der Waals surface area contributed by atoms with E-state index in [0.29, 0.717) is 16.6 Å². The van der Waals surface area contributed by atoms with Gasteiger partial charge >= 0.3 is 11.9 Å². The van der Waals surface area contributed by atoms with Crippen molar-refractivity contribution in [1.82, 2.24) is 9.97 Å². The molecule has 11 heteroatoms. The topological polar surface area (TPSA) is 140 Å². The van der Waals surface area contributed by atoms with E-state index in [1.54, 1.807) is 6.92 Å². The van der Waals surface area contributed by atoms with Gasteiger partial charge in [0.1, 0.15) is 16.5 Å². The summed E-state index contributed by atoms with van der Waals surface area (Å²) < 4.78 is 10.1. The van der Waals surface area contributed by atoms with Crippen molar-refractivity contribution in [3.63, 3.8) is 0 Å². The Kier molecular flexibility index (Phi) is 5.04. The van der Waals surface area contributed by atoms with Crippen molar-refractivity contribution in [1.29, 1.82) is 0 Å². The number of rotatable bonds is 5. The van der Waals surface area contributed by atoms with Gasteiger partial charge in [-0.2, -0.15) is 0 Å². The Morgan fingerprint density at radius 2 is 2.22 bits per heavy atom. The van der Waals surface area contributed by atoms with Crippen molar-refractivity contribution < 1.29 is 18.9 Å². The summed E-state index contributed by atoms with van der Waals surface area (Å²) in [5.74, 6) is -1.11. The number of nitrogens with zero attached hydrogens (tertiary/aromatic N) is 2. The van der Waals surface area contributed by atoms with Crippen LogP contribution in [0.3, 0.4) is 0 Å². The molecule has 0 aliphatic carbocycles. The molecule has 3 rings (SSSR count).